The van der Waals surface area contributed by atoms with Crippen LogP contribution in [0.1, 0.15) is 48.5 Å². The van der Waals surface area contributed by atoms with Crippen LogP contribution >= 0.6 is 11.9 Å². The molecule has 5 rings (SSSR count). The number of nitrogens with zero attached hydrogens (tertiary/aromatic N) is 2. The molecule has 0 amide bonds. The predicted octanol–water partition coefficient (Wildman–Crippen LogP) is 5.96. The second kappa shape index (κ2) is 8.28. The van der Waals surface area contributed by atoms with Crippen molar-refractivity contribution < 1.29 is 4.52 Å². The van der Waals surface area contributed by atoms with E-state index >= 15 is 0 Å². The van der Waals surface area contributed by atoms with E-state index in [-0.39, 0.29) is 0 Å². The number of imidazole rings is 1. The first-order valence-corrected chi connectivity index (χ1v) is 11.4. The lowest BCUT2D eigenvalue weighted by Crippen LogP contribution is -2.18. The molecule has 0 aliphatic heterocycles. The largest absolute Gasteiger partial charge is 0.361 e. The Morgan fingerprint density at radius 3 is 2.67 bits per heavy atom. The molecule has 1 saturated carbocycles. The van der Waals surface area contributed by atoms with Gasteiger partial charge in [-0.2, -0.15) is 0 Å². The SMILES string of the molecule is Cc1noc(C)c1-c1cc(SNC2CCCC2)c2nc(Cc3ccccc3)[nH]c2c1. The maximum absolute atomic E-state index is 5.43. The normalized spacial score (nSPS) is 14.7. The van der Waals surface area contributed by atoms with Crippen molar-refractivity contribution in [3.63, 3.8) is 0 Å². The molecule has 2 aromatic carbocycles. The van der Waals surface area contributed by atoms with Crippen molar-refractivity contribution in [2.75, 3.05) is 0 Å². The highest BCUT2D eigenvalue weighted by Gasteiger charge is 2.19. The van der Waals surface area contributed by atoms with Crippen LogP contribution in [0.2, 0.25) is 0 Å². The summed E-state index contributed by atoms with van der Waals surface area (Å²) in [5, 5.41) is 4.15. The lowest BCUT2D eigenvalue weighted by Gasteiger charge is -2.12. The Balaban J connectivity index is 1.54. The summed E-state index contributed by atoms with van der Waals surface area (Å²) in [7, 11) is 0. The van der Waals surface area contributed by atoms with Crippen LogP contribution in [0.25, 0.3) is 22.2 Å². The Hall–Kier alpha value is -2.57. The fourth-order valence-electron chi connectivity index (χ4n) is 4.32. The van der Waals surface area contributed by atoms with Gasteiger partial charge in [0.2, 0.25) is 0 Å². The fourth-order valence-corrected chi connectivity index (χ4v) is 5.28. The molecule has 0 spiro atoms. The Labute approximate surface area is 180 Å². The van der Waals surface area contributed by atoms with Crippen molar-refractivity contribution in [2.45, 2.75) is 56.9 Å². The molecule has 1 aliphatic rings. The van der Waals surface area contributed by atoms with E-state index in [4.69, 9.17) is 9.51 Å². The number of hydrogen-bond acceptors (Lipinski definition) is 5. The van der Waals surface area contributed by atoms with Gasteiger partial charge in [-0.15, -0.1) is 0 Å². The van der Waals surface area contributed by atoms with Gasteiger partial charge in [-0.1, -0.05) is 48.3 Å². The van der Waals surface area contributed by atoms with Crippen LogP contribution in [-0.2, 0) is 6.42 Å². The molecule has 154 valence electrons. The third-order valence-electron chi connectivity index (χ3n) is 5.83. The van der Waals surface area contributed by atoms with Crippen LogP contribution in [-0.4, -0.2) is 21.2 Å². The van der Waals surface area contributed by atoms with Crippen molar-refractivity contribution in [1.29, 1.82) is 0 Å². The molecule has 0 unspecified atom stereocenters. The molecule has 0 radical (unpaired) electrons. The Morgan fingerprint density at radius 2 is 1.93 bits per heavy atom. The third-order valence-corrected chi connectivity index (χ3v) is 6.81. The van der Waals surface area contributed by atoms with Gasteiger partial charge in [0.15, 0.2) is 0 Å². The first-order valence-electron chi connectivity index (χ1n) is 10.6. The number of benzene rings is 2. The van der Waals surface area contributed by atoms with Gasteiger partial charge in [0.05, 0.1) is 16.1 Å². The highest BCUT2D eigenvalue weighted by atomic mass is 32.2. The summed E-state index contributed by atoms with van der Waals surface area (Å²) < 4.78 is 9.10. The van der Waals surface area contributed by atoms with E-state index in [9.17, 15) is 0 Å². The van der Waals surface area contributed by atoms with Crippen LogP contribution in [0.4, 0.5) is 0 Å². The molecule has 2 N–H and O–H groups in total. The standard InChI is InChI=1S/C24H26N4OS/c1-15-23(16(2)29-27-15)18-13-20-24(21(14-18)30-28-19-10-6-7-11-19)26-22(25-20)12-17-8-4-3-5-9-17/h3-5,8-9,13-14,19,28H,6-7,10-12H2,1-2H3,(H,25,26). The van der Waals surface area contributed by atoms with Gasteiger partial charge >= 0.3 is 0 Å². The number of aryl methyl sites for hydroxylation is 2. The van der Waals surface area contributed by atoms with Crippen molar-refractivity contribution in [3.05, 3.63) is 65.3 Å². The van der Waals surface area contributed by atoms with Crippen LogP contribution < -0.4 is 4.72 Å². The minimum absolute atomic E-state index is 0.579. The van der Waals surface area contributed by atoms with E-state index in [0.29, 0.717) is 6.04 Å². The molecule has 0 saturated heterocycles. The maximum atomic E-state index is 5.43. The molecule has 6 heteroatoms. The molecular weight excluding hydrogens is 392 g/mol. The number of nitrogens with one attached hydrogen (secondary N) is 2. The zero-order valence-electron chi connectivity index (χ0n) is 17.4. The number of aromatic nitrogens is 3. The van der Waals surface area contributed by atoms with Crippen LogP contribution in [0, 0.1) is 13.8 Å². The fraction of sp³-hybridized carbons (Fsp3) is 0.333. The molecule has 4 aromatic rings. The number of H-pyrrole nitrogens is 1. The molecule has 30 heavy (non-hydrogen) atoms. The van der Waals surface area contributed by atoms with Crippen LogP contribution in [0.15, 0.2) is 51.9 Å². The minimum Gasteiger partial charge on any atom is -0.361 e. The number of aromatic amines is 1. The number of rotatable bonds is 6. The zero-order valence-corrected chi connectivity index (χ0v) is 18.2. The van der Waals surface area contributed by atoms with E-state index in [0.717, 1.165) is 50.8 Å². The molecule has 1 fully saturated rings. The lowest BCUT2D eigenvalue weighted by molar-refractivity contribution is 0.393. The molecule has 5 nitrogen and oxygen atoms in total. The zero-order chi connectivity index (χ0) is 20.5. The topological polar surface area (TPSA) is 66.7 Å². The molecule has 0 bridgehead atoms. The van der Waals surface area contributed by atoms with E-state index in [1.54, 1.807) is 11.9 Å². The quantitative estimate of drug-likeness (QED) is 0.378. The van der Waals surface area contributed by atoms with Gasteiger partial charge in [0.25, 0.3) is 0 Å². The summed E-state index contributed by atoms with van der Waals surface area (Å²) >= 11 is 1.71. The third kappa shape index (κ3) is 3.89. The first kappa shape index (κ1) is 19.4. The highest BCUT2D eigenvalue weighted by Crippen LogP contribution is 2.35. The van der Waals surface area contributed by atoms with Gasteiger partial charge in [-0.05, 0) is 61.9 Å². The molecule has 1 aliphatic carbocycles. The van der Waals surface area contributed by atoms with E-state index < -0.39 is 0 Å². The molecule has 2 aromatic heterocycles. The average Bonchev–Trinajstić information content (AvgIpc) is 3.47. The minimum atomic E-state index is 0.579. The van der Waals surface area contributed by atoms with Crippen LogP contribution in [0.3, 0.4) is 0 Å². The van der Waals surface area contributed by atoms with E-state index in [1.165, 1.54) is 31.2 Å². The van der Waals surface area contributed by atoms with Crippen LogP contribution in [0.5, 0.6) is 0 Å². The Kier molecular flexibility index (Phi) is 5.35. The highest BCUT2D eigenvalue weighted by molar-refractivity contribution is 7.97. The van der Waals surface area contributed by atoms with Crippen molar-refractivity contribution in [1.82, 2.24) is 19.8 Å². The predicted molar refractivity (Wildman–Crippen MR) is 122 cm³/mol. The lowest BCUT2D eigenvalue weighted by atomic mass is 10.0. The van der Waals surface area contributed by atoms with Gasteiger partial charge < -0.3 is 9.51 Å². The number of hydrogen-bond donors (Lipinski definition) is 2. The average molecular weight is 419 g/mol. The summed E-state index contributed by atoms with van der Waals surface area (Å²) in [5.74, 6) is 1.82. The summed E-state index contributed by atoms with van der Waals surface area (Å²) in [5.41, 5.74) is 6.42. The van der Waals surface area contributed by atoms with E-state index in [2.05, 4.69) is 51.3 Å². The Morgan fingerprint density at radius 1 is 1.13 bits per heavy atom. The van der Waals surface area contributed by atoms with Gasteiger partial charge in [-0.3, -0.25) is 4.72 Å². The van der Waals surface area contributed by atoms with E-state index in [1.807, 2.05) is 19.9 Å². The first-order chi connectivity index (χ1) is 14.7. The van der Waals surface area contributed by atoms with Gasteiger partial charge in [0, 0.05) is 18.0 Å². The maximum Gasteiger partial charge on any atom is 0.141 e. The summed E-state index contributed by atoms with van der Waals surface area (Å²) in [4.78, 5) is 9.66. The van der Waals surface area contributed by atoms with Crippen molar-refractivity contribution in [3.8, 4) is 11.1 Å². The summed E-state index contributed by atoms with van der Waals surface area (Å²) in [6, 6.07) is 15.4. The second-order valence-corrected chi connectivity index (χ2v) is 9.00. The molecule has 2 heterocycles. The summed E-state index contributed by atoms with van der Waals surface area (Å²) in [6.45, 7) is 3.96. The smallest absolute Gasteiger partial charge is 0.141 e. The molecular formula is C24H26N4OS. The Bertz CT molecular complexity index is 1140. The van der Waals surface area contributed by atoms with Crippen molar-refractivity contribution in [2.24, 2.45) is 0 Å². The van der Waals surface area contributed by atoms with Gasteiger partial charge in [-0.25, -0.2) is 4.98 Å². The second-order valence-electron chi connectivity index (χ2n) is 8.12. The van der Waals surface area contributed by atoms with Crippen molar-refractivity contribution >= 4 is 23.0 Å². The summed E-state index contributed by atoms with van der Waals surface area (Å²) in [6.07, 6.45) is 5.92. The van der Waals surface area contributed by atoms with Gasteiger partial charge in [0.1, 0.15) is 17.1 Å². The monoisotopic (exact) mass is 418 g/mol. The molecule has 0 atom stereocenters. The number of fused-ring (bicyclic) bond motifs is 1.